The molecule has 134 valence electrons. The maximum atomic E-state index is 12.8. The number of hydrogen-bond acceptors (Lipinski definition) is 6. The number of nitrogens with one attached hydrogen (secondary N) is 1. The molecule has 0 aliphatic heterocycles. The Morgan fingerprint density at radius 3 is 2.67 bits per heavy atom. The van der Waals surface area contributed by atoms with Crippen molar-refractivity contribution < 1.29 is 14.3 Å². The van der Waals surface area contributed by atoms with Crippen molar-refractivity contribution in [2.24, 2.45) is 0 Å². The Balaban J connectivity index is 1.58. The number of benzene rings is 2. The standard InChI is InChI=1S/C19H15N5O3/c1-12(18(25)15-10-20-16-8-4-2-6-13(15)16)27-19(26)14-7-3-5-9-17(14)24-11-21-22-23-24/h2-12,20H,1H3/t12-/m1/s1. The van der Waals surface area contributed by atoms with Crippen LogP contribution in [0.3, 0.4) is 0 Å². The second-order valence-electron chi connectivity index (χ2n) is 5.93. The molecule has 1 atom stereocenters. The minimum atomic E-state index is -0.946. The third-order valence-electron chi connectivity index (χ3n) is 4.23. The van der Waals surface area contributed by atoms with Gasteiger partial charge in [0.1, 0.15) is 6.33 Å². The molecule has 0 spiro atoms. The lowest BCUT2D eigenvalue weighted by Gasteiger charge is -2.13. The molecule has 1 N–H and O–H groups in total. The van der Waals surface area contributed by atoms with Crippen molar-refractivity contribution >= 4 is 22.7 Å². The van der Waals surface area contributed by atoms with E-state index in [4.69, 9.17) is 4.74 Å². The highest BCUT2D eigenvalue weighted by atomic mass is 16.5. The first-order valence-corrected chi connectivity index (χ1v) is 8.29. The number of carbonyl (C=O) groups is 2. The molecule has 0 aliphatic rings. The molecule has 0 aliphatic carbocycles. The average Bonchev–Trinajstić information content (AvgIpc) is 3.37. The lowest BCUT2D eigenvalue weighted by molar-refractivity contribution is 0.0319. The second-order valence-corrected chi connectivity index (χ2v) is 5.93. The summed E-state index contributed by atoms with van der Waals surface area (Å²) >= 11 is 0. The highest BCUT2D eigenvalue weighted by molar-refractivity contribution is 6.10. The highest BCUT2D eigenvalue weighted by Gasteiger charge is 2.24. The van der Waals surface area contributed by atoms with Gasteiger partial charge in [-0.25, -0.2) is 4.79 Å². The summed E-state index contributed by atoms with van der Waals surface area (Å²) in [5.74, 6) is -0.900. The maximum absolute atomic E-state index is 12.8. The highest BCUT2D eigenvalue weighted by Crippen LogP contribution is 2.21. The lowest BCUT2D eigenvalue weighted by Crippen LogP contribution is -2.25. The van der Waals surface area contributed by atoms with Crippen molar-refractivity contribution in [3.8, 4) is 5.69 Å². The van der Waals surface area contributed by atoms with Gasteiger partial charge in [0.05, 0.1) is 11.3 Å². The van der Waals surface area contributed by atoms with Gasteiger partial charge in [0.15, 0.2) is 6.10 Å². The molecule has 2 aromatic heterocycles. The molecule has 0 unspecified atom stereocenters. The summed E-state index contributed by atoms with van der Waals surface area (Å²) in [6.07, 6.45) is 2.07. The molecule has 0 saturated heterocycles. The Bertz CT molecular complexity index is 1120. The number of fused-ring (bicyclic) bond motifs is 1. The van der Waals surface area contributed by atoms with Crippen LogP contribution in [0, 0.1) is 0 Å². The molecule has 4 rings (SSSR count). The first kappa shape index (κ1) is 16.6. The zero-order valence-corrected chi connectivity index (χ0v) is 14.4. The average molecular weight is 361 g/mol. The minimum absolute atomic E-state index is 0.267. The Labute approximate surface area is 153 Å². The summed E-state index contributed by atoms with van der Waals surface area (Å²) in [4.78, 5) is 28.5. The van der Waals surface area contributed by atoms with Gasteiger partial charge < -0.3 is 9.72 Å². The molecular weight excluding hydrogens is 346 g/mol. The molecule has 2 aromatic carbocycles. The molecule has 0 radical (unpaired) electrons. The van der Waals surface area contributed by atoms with Gasteiger partial charge in [0, 0.05) is 22.7 Å². The van der Waals surface area contributed by atoms with E-state index in [9.17, 15) is 9.59 Å². The van der Waals surface area contributed by atoms with Crippen LogP contribution in [0.1, 0.15) is 27.6 Å². The van der Waals surface area contributed by atoms with E-state index in [1.807, 2.05) is 24.3 Å². The van der Waals surface area contributed by atoms with Gasteiger partial charge in [-0.1, -0.05) is 30.3 Å². The van der Waals surface area contributed by atoms with Crippen molar-refractivity contribution in [3.63, 3.8) is 0 Å². The molecule has 8 heteroatoms. The van der Waals surface area contributed by atoms with Gasteiger partial charge in [0.25, 0.3) is 0 Å². The Kier molecular flexibility index (Phi) is 4.21. The zero-order chi connectivity index (χ0) is 18.8. The van der Waals surface area contributed by atoms with Crippen molar-refractivity contribution in [1.82, 2.24) is 25.2 Å². The van der Waals surface area contributed by atoms with Crippen LogP contribution < -0.4 is 0 Å². The molecule has 4 aromatic rings. The van der Waals surface area contributed by atoms with Crippen LogP contribution in [-0.4, -0.2) is 43.0 Å². The second kappa shape index (κ2) is 6.83. The van der Waals surface area contributed by atoms with E-state index in [2.05, 4.69) is 20.5 Å². The number of Topliss-reactive ketones (excluding diaryl/α,β-unsaturated/α-hetero) is 1. The van der Waals surface area contributed by atoms with Crippen LogP contribution in [0.2, 0.25) is 0 Å². The lowest BCUT2D eigenvalue weighted by atomic mass is 10.1. The molecule has 0 bridgehead atoms. The topological polar surface area (TPSA) is 103 Å². The number of H-pyrrole nitrogens is 1. The first-order chi connectivity index (χ1) is 13.1. The largest absolute Gasteiger partial charge is 0.451 e. The molecule has 0 amide bonds. The summed E-state index contributed by atoms with van der Waals surface area (Å²) < 4.78 is 6.79. The number of hydrogen-bond donors (Lipinski definition) is 1. The predicted octanol–water partition coefficient (Wildman–Crippen LogP) is 2.57. The number of aromatic nitrogens is 5. The fourth-order valence-electron chi connectivity index (χ4n) is 2.89. The summed E-state index contributed by atoms with van der Waals surface area (Å²) in [5.41, 5.74) is 2.07. The normalized spacial score (nSPS) is 12.0. The van der Waals surface area contributed by atoms with E-state index in [0.717, 1.165) is 10.9 Å². The predicted molar refractivity (Wildman–Crippen MR) is 96.7 cm³/mol. The quantitative estimate of drug-likeness (QED) is 0.433. The van der Waals surface area contributed by atoms with E-state index in [1.165, 1.54) is 11.0 Å². The first-order valence-electron chi connectivity index (χ1n) is 8.29. The van der Waals surface area contributed by atoms with Crippen LogP contribution in [-0.2, 0) is 4.74 Å². The summed E-state index contributed by atoms with van der Waals surface area (Å²) in [6, 6.07) is 14.2. The third kappa shape index (κ3) is 3.08. The number of esters is 1. The number of rotatable bonds is 5. The van der Waals surface area contributed by atoms with Crippen molar-refractivity contribution in [1.29, 1.82) is 0 Å². The van der Waals surface area contributed by atoms with E-state index < -0.39 is 12.1 Å². The number of carbonyl (C=O) groups excluding carboxylic acids is 2. The van der Waals surface area contributed by atoms with Crippen LogP contribution in [0.4, 0.5) is 0 Å². The van der Waals surface area contributed by atoms with Crippen LogP contribution >= 0.6 is 0 Å². The monoisotopic (exact) mass is 361 g/mol. The summed E-state index contributed by atoms with van der Waals surface area (Å²) in [7, 11) is 0. The Morgan fingerprint density at radius 2 is 1.85 bits per heavy atom. The van der Waals surface area contributed by atoms with Gasteiger partial charge >= 0.3 is 5.97 Å². The van der Waals surface area contributed by atoms with Gasteiger partial charge in [-0.05, 0) is 35.5 Å². The Hall–Kier alpha value is -3.81. The summed E-state index contributed by atoms with van der Waals surface area (Å²) in [5, 5.41) is 11.7. The number of ketones is 1. The Morgan fingerprint density at radius 1 is 1.07 bits per heavy atom. The zero-order valence-electron chi connectivity index (χ0n) is 14.4. The molecule has 27 heavy (non-hydrogen) atoms. The molecule has 2 heterocycles. The van der Waals surface area contributed by atoms with Gasteiger partial charge in [-0.2, -0.15) is 4.68 Å². The van der Waals surface area contributed by atoms with Crippen LogP contribution in [0.5, 0.6) is 0 Å². The third-order valence-corrected chi connectivity index (χ3v) is 4.23. The van der Waals surface area contributed by atoms with Crippen LogP contribution in [0.15, 0.2) is 61.1 Å². The van der Waals surface area contributed by atoms with Crippen molar-refractivity contribution in [2.45, 2.75) is 13.0 Å². The van der Waals surface area contributed by atoms with Crippen molar-refractivity contribution in [2.75, 3.05) is 0 Å². The summed E-state index contributed by atoms with van der Waals surface area (Å²) in [6.45, 7) is 1.56. The molecular formula is C19H15N5O3. The fourth-order valence-corrected chi connectivity index (χ4v) is 2.89. The van der Waals surface area contributed by atoms with E-state index in [1.54, 1.807) is 37.4 Å². The SMILES string of the molecule is C[C@@H](OC(=O)c1ccccc1-n1cnnn1)C(=O)c1c[nH]c2ccccc12. The van der Waals surface area contributed by atoms with Gasteiger partial charge in [0.2, 0.25) is 5.78 Å². The van der Waals surface area contributed by atoms with E-state index in [0.29, 0.717) is 11.3 Å². The van der Waals surface area contributed by atoms with Crippen molar-refractivity contribution in [3.05, 3.63) is 72.2 Å². The van der Waals surface area contributed by atoms with Gasteiger partial charge in [-0.15, -0.1) is 5.10 Å². The molecule has 8 nitrogen and oxygen atoms in total. The molecule has 0 saturated carbocycles. The fraction of sp³-hybridized carbons (Fsp3) is 0.105. The number of aromatic amines is 1. The molecule has 0 fully saturated rings. The number of tetrazole rings is 1. The smallest absolute Gasteiger partial charge is 0.341 e. The minimum Gasteiger partial charge on any atom is -0.451 e. The number of nitrogens with zero attached hydrogens (tertiary/aromatic N) is 4. The van der Waals surface area contributed by atoms with Gasteiger partial charge in [-0.3, -0.25) is 4.79 Å². The number of ether oxygens (including phenoxy) is 1. The van der Waals surface area contributed by atoms with Crippen LogP contribution in [0.25, 0.3) is 16.6 Å². The number of para-hydroxylation sites is 2. The van der Waals surface area contributed by atoms with E-state index in [-0.39, 0.29) is 11.3 Å². The maximum Gasteiger partial charge on any atom is 0.341 e. The van der Waals surface area contributed by atoms with E-state index >= 15 is 0 Å².